The maximum atomic E-state index is 13.5. The summed E-state index contributed by atoms with van der Waals surface area (Å²) in [7, 11) is 0. The van der Waals surface area contributed by atoms with Gasteiger partial charge in [-0.3, -0.25) is 4.79 Å². The van der Waals surface area contributed by atoms with Gasteiger partial charge in [-0.25, -0.2) is 4.79 Å². The molecule has 0 spiro atoms. The Bertz CT molecular complexity index is 1280. The normalized spacial score (nSPS) is 20.1. The van der Waals surface area contributed by atoms with Crippen molar-refractivity contribution in [3.05, 3.63) is 116 Å². The number of Topliss-reactive ketones (excluding diaryl/α,β-unsaturated/α-hetero) is 1. The largest absolute Gasteiger partial charge is 0.457 e. The molecule has 5 rings (SSSR count). The molecule has 2 heterocycles. The molecule has 2 aliphatic rings. The summed E-state index contributed by atoms with van der Waals surface area (Å²) in [6.07, 6.45) is 1.16. The SMILES string of the molecule is CC1=C(C(=O)OCc2ccccc2)[C@H](c2ccc(Cl)cc2)C2=C(C[C@H](c3cccs3)CC2=O)N1. The third-order valence-electron chi connectivity index (χ3n) is 6.41. The van der Waals surface area contributed by atoms with Crippen LogP contribution in [0.3, 0.4) is 0 Å². The number of benzene rings is 2. The fourth-order valence-electron chi connectivity index (χ4n) is 4.82. The van der Waals surface area contributed by atoms with Crippen molar-refractivity contribution in [3.63, 3.8) is 0 Å². The van der Waals surface area contributed by atoms with Gasteiger partial charge in [0, 0.05) is 45.1 Å². The van der Waals surface area contributed by atoms with E-state index >= 15 is 0 Å². The highest BCUT2D eigenvalue weighted by atomic mass is 35.5. The summed E-state index contributed by atoms with van der Waals surface area (Å²) < 4.78 is 5.71. The second kappa shape index (κ2) is 9.61. The van der Waals surface area contributed by atoms with E-state index in [9.17, 15) is 9.59 Å². The average Bonchev–Trinajstić information content (AvgIpc) is 3.38. The Balaban J connectivity index is 1.51. The number of rotatable bonds is 5. The van der Waals surface area contributed by atoms with Gasteiger partial charge in [-0.05, 0) is 48.1 Å². The summed E-state index contributed by atoms with van der Waals surface area (Å²) in [5, 5.41) is 6.04. The zero-order valence-electron chi connectivity index (χ0n) is 18.7. The van der Waals surface area contributed by atoms with E-state index in [1.807, 2.05) is 60.8 Å². The zero-order valence-corrected chi connectivity index (χ0v) is 20.3. The first kappa shape index (κ1) is 22.6. The number of carbonyl (C=O) groups excluding carboxylic acids is 2. The van der Waals surface area contributed by atoms with Crippen LogP contribution in [0, 0.1) is 0 Å². The standard InChI is InChI=1S/C28H24ClNO3S/c1-17-25(28(32)33-16-18-6-3-2-4-7-18)26(19-9-11-21(29)12-10-19)27-22(30-17)14-20(15-23(27)31)24-8-5-13-34-24/h2-13,20,26,30H,14-16H2,1H3/t20-,26-/m0/s1. The number of hydrogen-bond donors (Lipinski definition) is 1. The molecule has 6 heteroatoms. The molecule has 0 bridgehead atoms. The second-order valence-electron chi connectivity index (χ2n) is 8.65. The Kier molecular flexibility index (Phi) is 6.40. The molecule has 1 aliphatic carbocycles. The number of ether oxygens (including phenoxy) is 1. The molecule has 1 aromatic heterocycles. The number of esters is 1. The van der Waals surface area contributed by atoms with Crippen molar-refractivity contribution >= 4 is 34.7 Å². The molecule has 34 heavy (non-hydrogen) atoms. The van der Waals surface area contributed by atoms with Gasteiger partial charge in [-0.1, -0.05) is 60.1 Å². The van der Waals surface area contributed by atoms with E-state index in [0.29, 0.717) is 22.6 Å². The molecule has 3 aromatic rings. The summed E-state index contributed by atoms with van der Waals surface area (Å²) in [6, 6.07) is 21.0. The Labute approximate surface area is 207 Å². The van der Waals surface area contributed by atoms with Gasteiger partial charge in [0.2, 0.25) is 0 Å². The van der Waals surface area contributed by atoms with Crippen molar-refractivity contribution in [3.8, 4) is 0 Å². The number of nitrogens with one attached hydrogen (secondary N) is 1. The predicted molar refractivity (Wildman–Crippen MR) is 135 cm³/mol. The lowest BCUT2D eigenvalue weighted by molar-refractivity contribution is -0.140. The molecule has 0 unspecified atom stereocenters. The minimum absolute atomic E-state index is 0.0629. The topological polar surface area (TPSA) is 55.4 Å². The number of halogens is 1. The van der Waals surface area contributed by atoms with Crippen LogP contribution < -0.4 is 5.32 Å². The van der Waals surface area contributed by atoms with Crippen LogP contribution in [0.4, 0.5) is 0 Å². The molecule has 0 saturated carbocycles. The fourth-order valence-corrected chi connectivity index (χ4v) is 5.78. The van der Waals surface area contributed by atoms with Crippen molar-refractivity contribution in [1.82, 2.24) is 5.32 Å². The molecule has 2 aromatic carbocycles. The van der Waals surface area contributed by atoms with Gasteiger partial charge in [0.25, 0.3) is 0 Å². The van der Waals surface area contributed by atoms with Gasteiger partial charge in [-0.2, -0.15) is 0 Å². The molecule has 1 N–H and O–H groups in total. The number of hydrogen-bond acceptors (Lipinski definition) is 5. The molecule has 0 amide bonds. The minimum atomic E-state index is -0.492. The number of dihydropyridines is 1. The first-order chi connectivity index (χ1) is 16.5. The van der Waals surface area contributed by atoms with Gasteiger partial charge in [0.05, 0.1) is 5.57 Å². The average molecular weight is 490 g/mol. The molecular weight excluding hydrogens is 466 g/mol. The lowest BCUT2D eigenvalue weighted by Gasteiger charge is -2.36. The van der Waals surface area contributed by atoms with Crippen molar-refractivity contribution in [2.45, 2.75) is 38.2 Å². The van der Waals surface area contributed by atoms with Crippen LogP contribution in [-0.2, 0) is 20.9 Å². The molecule has 172 valence electrons. The summed E-state index contributed by atoms with van der Waals surface area (Å²) in [4.78, 5) is 28.1. The Hall–Kier alpha value is -3.15. The first-order valence-electron chi connectivity index (χ1n) is 11.2. The van der Waals surface area contributed by atoms with E-state index in [2.05, 4.69) is 11.4 Å². The number of carbonyl (C=O) groups is 2. The van der Waals surface area contributed by atoms with Crippen LogP contribution in [0.2, 0.25) is 5.02 Å². The van der Waals surface area contributed by atoms with Crippen molar-refractivity contribution in [2.75, 3.05) is 0 Å². The second-order valence-corrected chi connectivity index (χ2v) is 10.1. The van der Waals surface area contributed by atoms with Gasteiger partial charge < -0.3 is 10.1 Å². The maximum absolute atomic E-state index is 13.5. The highest BCUT2D eigenvalue weighted by Crippen LogP contribution is 2.46. The smallest absolute Gasteiger partial charge is 0.337 e. The summed E-state index contributed by atoms with van der Waals surface area (Å²) in [5.41, 5.74) is 4.51. The molecule has 0 fully saturated rings. The third-order valence-corrected chi connectivity index (χ3v) is 7.70. The van der Waals surface area contributed by atoms with Gasteiger partial charge >= 0.3 is 5.97 Å². The van der Waals surface area contributed by atoms with E-state index in [4.69, 9.17) is 16.3 Å². The molecule has 2 atom stereocenters. The quantitative estimate of drug-likeness (QED) is 0.415. The van der Waals surface area contributed by atoms with Crippen LogP contribution in [0.1, 0.15) is 47.6 Å². The van der Waals surface area contributed by atoms with Crippen LogP contribution >= 0.6 is 22.9 Å². The summed E-state index contributed by atoms with van der Waals surface area (Å²) >= 11 is 7.82. The number of ketones is 1. The lowest BCUT2D eigenvalue weighted by Crippen LogP contribution is -2.36. The lowest BCUT2D eigenvalue weighted by atomic mass is 9.72. The van der Waals surface area contributed by atoms with E-state index in [0.717, 1.165) is 28.9 Å². The predicted octanol–water partition coefficient (Wildman–Crippen LogP) is 6.51. The Morgan fingerprint density at radius 1 is 1.06 bits per heavy atom. The first-order valence-corrected chi connectivity index (χ1v) is 12.5. The molecular formula is C28H24ClNO3S. The number of allylic oxidation sites excluding steroid dienone is 3. The third kappa shape index (κ3) is 4.46. The number of thiophene rings is 1. The monoisotopic (exact) mass is 489 g/mol. The van der Waals surface area contributed by atoms with Crippen LogP contribution in [-0.4, -0.2) is 11.8 Å². The minimum Gasteiger partial charge on any atom is -0.457 e. The van der Waals surface area contributed by atoms with E-state index in [-0.39, 0.29) is 18.3 Å². The molecule has 1 aliphatic heterocycles. The van der Waals surface area contributed by atoms with Crippen LogP contribution in [0.5, 0.6) is 0 Å². The van der Waals surface area contributed by atoms with E-state index in [1.54, 1.807) is 23.5 Å². The van der Waals surface area contributed by atoms with Crippen molar-refractivity contribution < 1.29 is 14.3 Å². The zero-order chi connectivity index (χ0) is 23.7. The van der Waals surface area contributed by atoms with E-state index in [1.165, 1.54) is 4.88 Å². The molecule has 4 nitrogen and oxygen atoms in total. The van der Waals surface area contributed by atoms with Gasteiger partial charge in [-0.15, -0.1) is 11.3 Å². The van der Waals surface area contributed by atoms with Gasteiger partial charge in [0.15, 0.2) is 5.78 Å². The Morgan fingerprint density at radius 3 is 2.53 bits per heavy atom. The van der Waals surface area contributed by atoms with Crippen molar-refractivity contribution in [1.29, 1.82) is 0 Å². The maximum Gasteiger partial charge on any atom is 0.337 e. The van der Waals surface area contributed by atoms with Crippen LogP contribution in [0.25, 0.3) is 0 Å². The van der Waals surface area contributed by atoms with Crippen LogP contribution in [0.15, 0.2) is 94.7 Å². The summed E-state index contributed by atoms with van der Waals surface area (Å²) in [6.45, 7) is 2.05. The Morgan fingerprint density at radius 2 is 1.82 bits per heavy atom. The van der Waals surface area contributed by atoms with E-state index < -0.39 is 11.9 Å². The van der Waals surface area contributed by atoms with Gasteiger partial charge in [0.1, 0.15) is 6.61 Å². The highest BCUT2D eigenvalue weighted by Gasteiger charge is 2.41. The fraction of sp³-hybridized carbons (Fsp3) is 0.214. The highest BCUT2D eigenvalue weighted by molar-refractivity contribution is 7.10. The van der Waals surface area contributed by atoms with Crippen molar-refractivity contribution in [2.24, 2.45) is 0 Å². The summed E-state index contributed by atoms with van der Waals surface area (Å²) in [5.74, 6) is -0.709. The molecule has 0 saturated heterocycles. The molecule has 0 radical (unpaired) electrons.